The van der Waals surface area contributed by atoms with Crippen LogP contribution >= 0.6 is 15.9 Å². The first-order valence-corrected chi connectivity index (χ1v) is 5.05. The van der Waals surface area contributed by atoms with Gasteiger partial charge in [-0.25, -0.2) is 4.39 Å². The molecule has 0 spiro atoms. The number of ether oxygens (including phenoxy) is 1. The van der Waals surface area contributed by atoms with E-state index in [1.807, 2.05) is 0 Å². The van der Waals surface area contributed by atoms with Gasteiger partial charge in [-0.15, -0.1) is 0 Å². The molecular formula is C9H4BrF2O4-. The molecule has 7 heteroatoms. The van der Waals surface area contributed by atoms with Crippen molar-refractivity contribution in [3.63, 3.8) is 0 Å². The number of hydrogen-bond acceptors (Lipinski definition) is 4. The average molecular weight is 294 g/mol. The second-order valence-electron chi connectivity index (χ2n) is 2.63. The Hall–Kier alpha value is -1.50. The number of carboxylic acid groups (broad SMARTS) is 1. The molecule has 1 aromatic carbocycles. The van der Waals surface area contributed by atoms with E-state index in [9.17, 15) is 23.5 Å². The van der Waals surface area contributed by atoms with E-state index in [1.54, 1.807) is 0 Å². The second-order valence-corrected chi connectivity index (χ2v) is 3.20. The number of carbonyl (C=O) groups is 2. The van der Waals surface area contributed by atoms with Crippen molar-refractivity contribution in [2.75, 3.05) is 5.33 Å². The fourth-order valence-corrected chi connectivity index (χ4v) is 1.03. The van der Waals surface area contributed by atoms with Crippen molar-refractivity contribution >= 4 is 27.9 Å². The van der Waals surface area contributed by atoms with Crippen molar-refractivity contribution in [2.24, 2.45) is 0 Å². The van der Waals surface area contributed by atoms with Crippen LogP contribution in [-0.4, -0.2) is 17.3 Å². The van der Waals surface area contributed by atoms with Gasteiger partial charge < -0.3 is 14.6 Å². The van der Waals surface area contributed by atoms with Crippen molar-refractivity contribution < 1.29 is 28.2 Å². The van der Waals surface area contributed by atoms with Crippen LogP contribution in [0.4, 0.5) is 8.78 Å². The third-order valence-corrected chi connectivity index (χ3v) is 2.06. The van der Waals surface area contributed by atoms with Crippen LogP contribution in [0.15, 0.2) is 12.1 Å². The minimum atomic E-state index is -1.85. The lowest BCUT2D eigenvalue weighted by Crippen LogP contribution is -2.24. The molecule has 0 saturated carbocycles. The molecule has 0 fully saturated rings. The van der Waals surface area contributed by atoms with Crippen molar-refractivity contribution in [2.45, 2.75) is 0 Å². The molecule has 0 aromatic heterocycles. The van der Waals surface area contributed by atoms with Gasteiger partial charge in [0.25, 0.3) is 0 Å². The van der Waals surface area contributed by atoms with E-state index >= 15 is 0 Å². The summed E-state index contributed by atoms with van der Waals surface area (Å²) >= 11 is 2.76. The minimum absolute atomic E-state index is 0.198. The highest BCUT2D eigenvalue weighted by Crippen LogP contribution is 2.22. The summed E-state index contributed by atoms with van der Waals surface area (Å²) in [6.07, 6.45) is 0. The molecule has 0 atom stereocenters. The maximum atomic E-state index is 13.2. The monoisotopic (exact) mass is 293 g/mol. The number of aromatic carboxylic acids is 1. The number of halogens is 3. The first-order valence-electron chi connectivity index (χ1n) is 3.93. The number of alkyl halides is 1. The summed E-state index contributed by atoms with van der Waals surface area (Å²) in [5, 5.41) is 10.1. The first-order chi connectivity index (χ1) is 7.47. The molecule has 0 aliphatic rings. The molecular weight excluding hydrogens is 290 g/mol. The van der Waals surface area contributed by atoms with Crippen LogP contribution in [-0.2, 0) is 4.79 Å². The van der Waals surface area contributed by atoms with Crippen LogP contribution in [0.5, 0.6) is 5.75 Å². The molecule has 0 saturated heterocycles. The van der Waals surface area contributed by atoms with Gasteiger partial charge in [0.2, 0.25) is 5.82 Å². The molecule has 0 N–H and O–H groups in total. The molecule has 0 amide bonds. The van der Waals surface area contributed by atoms with Crippen LogP contribution in [0.2, 0.25) is 0 Å². The molecule has 0 heterocycles. The highest BCUT2D eigenvalue weighted by atomic mass is 79.9. The van der Waals surface area contributed by atoms with Crippen LogP contribution in [0.25, 0.3) is 0 Å². The zero-order valence-corrected chi connectivity index (χ0v) is 9.21. The minimum Gasteiger partial charge on any atom is -0.545 e. The Kier molecular flexibility index (Phi) is 3.94. The Bertz CT molecular complexity index is 447. The summed E-state index contributed by atoms with van der Waals surface area (Å²) in [6.45, 7) is 0. The Labute approximate surface area is 97.0 Å². The van der Waals surface area contributed by atoms with Gasteiger partial charge in [-0.2, -0.15) is 4.39 Å². The maximum Gasteiger partial charge on any atom is 0.322 e. The zero-order chi connectivity index (χ0) is 12.3. The predicted octanol–water partition coefficient (Wildman–Crippen LogP) is 0.629. The summed E-state index contributed by atoms with van der Waals surface area (Å²) < 4.78 is 30.6. The SMILES string of the molecule is O=C(CBr)Oc1ccc(C(=O)[O-])c(F)c1F. The molecule has 0 bridgehead atoms. The number of hydrogen-bond donors (Lipinski definition) is 0. The Morgan fingerprint density at radius 1 is 1.31 bits per heavy atom. The molecule has 1 aromatic rings. The Balaban J connectivity index is 3.12. The third-order valence-electron chi connectivity index (χ3n) is 1.60. The first kappa shape index (κ1) is 12.6. The molecule has 16 heavy (non-hydrogen) atoms. The lowest BCUT2D eigenvalue weighted by atomic mass is 10.2. The molecule has 86 valence electrons. The fourth-order valence-electron chi connectivity index (χ4n) is 0.918. The Morgan fingerprint density at radius 3 is 2.44 bits per heavy atom. The summed E-state index contributed by atoms with van der Waals surface area (Å²) in [7, 11) is 0. The Morgan fingerprint density at radius 2 is 1.94 bits per heavy atom. The summed E-state index contributed by atoms with van der Waals surface area (Å²) in [4.78, 5) is 21.1. The lowest BCUT2D eigenvalue weighted by Gasteiger charge is -2.08. The average Bonchev–Trinajstić information content (AvgIpc) is 2.24. The fraction of sp³-hybridized carbons (Fsp3) is 0.111. The largest absolute Gasteiger partial charge is 0.545 e. The van der Waals surface area contributed by atoms with E-state index in [2.05, 4.69) is 20.7 Å². The standard InChI is InChI=1S/C9H5BrF2O4/c10-3-6(13)16-5-2-1-4(9(14)15)7(11)8(5)12/h1-2H,3H2,(H,14,15)/p-1. The lowest BCUT2D eigenvalue weighted by molar-refractivity contribution is -0.255. The number of carboxylic acids is 1. The molecule has 0 radical (unpaired) electrons. The number of carbonyl (C=O) groups excluding carboxylic acids is 2. The van der Waals surface area contributed by atoms with Crippen molar-refractivity contribution in [3.8, 4) is 5.75 Å². The van der Waals surface area contributed by atoms with Crippen molar-refractivity contribution in [1.82, 2.24) is 0 Å². The van der Waals surface area contributed by atoms with Crippen LogP contribution in [0.1, 0.15) is 10.4 Å². The molecule has 4 nitrogen and oxygen atoms in total. The van der Waals surface area contributed by atoms with E-state index in [0.717, 1.165) is 12.1 Å². The predicted molar refractivity (Wildman–Crippen MR) is 50.1 cm³/mol. The molecule has 0 aliphatic heterocycles. The van der Waals surface area contributed by atoms with Crippen LogP contribution in [0.3, 0.4) is 0 Å². The number of esters is 1. The highest BCUT2D eigenvalue weighted by Gasteiger charge is 2.16. The number of benzene rings is 1. The van der Waals surface area contributed by atoms with Gasteiger partial charge in [0, 0.05) is 5.56 Å². The molecule has 1 rings (SSSR count). The van der Waals surface area contributed by atoms with Crippen LogP contribution < -0.4 is 9.84 Å². The van der Waals surface area contributed by atoms with Crippen molar-refractivity contribution in [3.05, 3.63) is 29.3 Å². The van der Waals surface area contributed by atoms with Gasteiger partial charge in [-0.3, -0.25) is 4.79 Å². The topological polar surface area (TPSA) is 66.4 Å². The van der Waals surface area contributed by atoms with Gasteiger partial charge in [-0.05, 0) is 12.1 Å². The van der Waals surface area contributed by atoms with E-state index in [0.29, 0.717) is 0 Å². The van der Waals surface area contributed by atoms with E-state index in [-0.39, 0.29) is 5.33 Å². The van der Waals surface area contributed by atoms with E-state index in [4.69, 9.17) is 0 Å². The maximum absolute atomic E-state index is 13.2. The highest BCUT2D eigenvalue weighted by molar-refractivity contribution is 9.09. The van der Waals surface area contributed by atoms with Gasteiger partial charge in [0.15, 0.2) is 11.6 Å². The smallest absolute Gasteiger partial charge is 0.322 e. The molecule has 0 aliphatic carbocycles. The summed E-state index contributed by atoms with van der Waals surface area (Å²) in [6, 6.07) is 1.59. The van der Waals surface area contributed by atoms with Gasteiger partial charge >= 0.3 is 5.97 Å². The summed E-state index contributed by atoms with van der Waals surface area (Å²) in [5.41, 5.74) is -0.934. The van der Waals surface area contributed by atoms with E-state index < -0.39 is 34.9 Å². The van der Waals surface area contributed by atoms with E-state index in [1.165, 1.54) is 0 Å². The van der Waals surface area contributed by atoms with Crippen molar-refractivity contribution in [1.29, 1.82) is 0 Å². The zero-order valence-electron chi connectivity index (χ0n) is 7.63. The quantitative estimate of drug-likeness (QED) is 0.466. The number of rotatable bonds is 3. The van der Waals surface area contributed by atoms with Gasteiger partial charge in [0.1, 0.15) is 5.33 Å². The summed E-state index contributed by atoms with van der Waals surface area (Å²) in [5.74, 6) is -6.53. The van der Waals surface area contributed by atoms with Gasteiger partial charge in [-0.1, -0.05) is 15.9 Å². The second kappa shape index (κ2) is 5.02. The van der Waals surface area contributed by atoms with Gasteiger partial charge in [0.05, 0.1) is 5.97 Å². The normalized spacial score (nSPS) is 9.94. The molecule has 0 unspecified atom stereocenters. The van der Waals surface area contributed by atoms with Crippen LogP contribution in [0, 0.1) is 11.6 Å². The third kappa shape index (κ3) is 2.54.